The monoisotopic (exact) mass is 354 g/mol. The fourth-order valence-electron chi connectivity index (χ4n) is 2.27. The SMILES string of the molecule is O=C(Nc1ccc(NCc2ccc(Cl)s2)cc1Cl)C1CCC1. The van der Waals surface area contributed by atoms with Crippen molar-refractivity contribution in [3.63, 3.8) is 0 Å². The zero-order chi connectivity index (χ0) is 15.5. The molecule has 0 saturated heterocycles. The van der Waals surface area contributed by atoms with E-state index in [2.05, 4.69) is 10.6 Å². The minimum absolute atomic E-state index is 0.0714. The molecule has 1 aromatic heterocycles. The van der Waals surface area contributed by atoms with E-state index < -0.39 is 0 Å². The van der Waals surface area contributed by atoms with Gasteiger partial charge >= 0.3 is 0 Å². The molecule has 0 bridgehead atoms. The Morgan fingerprint density at radius 1 is 1.23 bits per heavy atom. The summed E-state index contributed by atoms with van der Waals surface area (Å²) in [5.74, 6) is 0.222. The summed E-state index contributed by atoms with van der Waals surface area (Å²) in [6.45, 7) is 0.696. The van der Waals surface area contributed by atoms with Crippen LogP contribution in [0, 0.1) is 5.92 Å². The fraction of sp³-hybridized carbons (Fsp3) is 0.312. The number of halogens is 2. The Morgan fingerprint density at radius 2 is 2.05 bits per heavy atom. The third-order valence-electron chi connectivity index (χ3n) is 3.80. The van der Waals surface area contributed by atoms with E-state index in [9.17, 15) is 4.79 Å². The van der Waals surface area contributed by atoms with Crippen LogP contribution in [0.5, 0.6) is 0 Å². The van der Waals surface area contributed by atoms with E-state index >= 15 is 0 Å². The average molecular weight is 355 g/mol. The largest absolute Gasteiger partial charge is 0.380 e. The Kier molecular flexibility index (Phi) is 4.91. The quantitative estimate of drug-likeness (QED) is 0.753. The molecule has 1 aliphatic carbocycles. The molecule has 1 amide bonds. The van der Waals surface area contributed by atoms with E-state index in [1.165, 1.54) is 0 Å². The maximum absolute atomic E-state index is 11.9. The Hall–Kier alpha value is -1.23. The van der Waals surface area contributed by atoms with Crippen LogP contribution in [0.4, 0.5) is 11.4 Å². The number of amides is 1. The van der Waals surface area contributed by atoms with Crippen LogP contribution < -0.4 is 10.6 Å². The van der Waals surface area contributed by atoms with Crippen molar-refractivity contribution in [3.8, 4) is 0 Å². The van der Waals surface area contributed by atoms with E-state index in [1.807, 2.05) is 30.3 Å². The minimum atomic E-state index is 0.0714. The summed E-state index contributed by atoms with van der Waals surface area (Å²) in [5.41, 5.74) is 1.58. The van der Waals surface area contributed by atoms with E-state index in [1.54, 1.807) is 11.3 Å². The lowest BCUT2D eigenvalue weighted by Gasteiger charge is -2.24. The summed E-state index contributed by atoms with van der Waals surface area (Å²) >= 11 is 13.7. The number of thiophene rings is 1. The van der Waals surface area contributed by atoms with Crippen LogP contribution in [0.15, 0.2) is 30.3 Å². The van der Waals surface area contributed by atoms with Gasteiger partial charge in [0.2, 0.25) is 5.91 Å². The van der Waals surface area contributed by atoms with Gasteiger partial charge < -0.3 is 10.6 Å². The van der Waals surface area contributed by atoms with Gasteiger partial charge in [0.15, 0.2) is 0 Å². The first-order valence-electron chi connectivity index (χ1n) is 7.20. The van der Waals surface area contributed by atoms with Crippen LogP contribution in [-0.2, 0) is 11.3 Å². The molecule has 3 nitrogen and oxygen atoms in total. The van der Waals surface area contributed by atoms with Gasteiger partial charge in [0.05, 0.1) is 15.0 Å². The van der Waals surface area contributed by atoms with Crippen LogP contribution in [0.1, 0.15) is 24.1 Å². The lowest BCUT2D eigenvalue weighted by atomic mass is 9.85. The van der Waals surface area contributed by atoms with E-state index in [0.29, 0.717) is 17.3 Å². The number of rotatable bonds is 5. The molecule has 2 N–H and O–H groups in total. The van der Waals surface area contributed by atoms with Gasteiger partial charge in [-0.15, -0.1) is 11.3 Å². The highest BCUT2D eigenvalue weighted by atomic mass is 35.5. The molecule has 1 saturated carbocycles. The zero-order valence-electron chi connectivity index (χ0n) is 11.9. The minimum Gasteiger partial charge on any atom is -0.380 e. The number of carbonyl (C=O) groups is 1. The van der Waals surface area contributed by atoms with Gasteiger partial charge in [-0.25, -0.2) is 0 Å². The molecule has 0 aliphatic heterocycles. The molecule has 116 valence electrons. The van der Waals surface area contributed by atoms with Gasteiger partial charge in [0.25, 0.3) is 0 Å². The Bertz CT molecular complexity index is 683. The summed E-state index contributed by atoms with van der Waals surface area (Å²) < 4.78 is 0.781. The number of nitrogens with one attached hydrogen (secondary N) is 2. The molecule has 1 heterocycles. The molecule has 1 aliphatic rings. The predicted octanol–water partition coefficient (Wildman–Crippen LogP) is 5.41. The normalized spacial score (nSPS) is 14.5. The Morgan fingerprint density at radius 3 is 2.64 bits per heavy atom. The van der Waals surface area contributed by atoms with Gasteiger partial charge in [-0.2, -0.15) is 0 Å². The van der Waals surface area contributed by atoms with Crippen molar-refractivity contribution in [3.05, 3.63) is 44.6 Å². The molecule has 22 heavy (non-hydrogen) atoms. The molecule has 0 unspecified atom stereocenters. The van der Waals surface area contributed by atoms with Crippen molar-refractivity contribution < 1.29 is 4.79 Å². The first-order chi connectivity index (χ1) is 10.6. The van der Waals surface area contributed by atoms with E-state index in [4.69, 9.17) is 23.2 Å². The predicted molar refractivity (Wildman–Crippen MR) is 94.1 cm³/mol. The van der Waals surface area contributed by atoms with Crippen molar-refractivity contribution in [2.24, 2.45) is 5.92 Å². The molecule has 3 rings (SSSR count). The first-order valence-corrected chi connectivity index (χ1v) is 8.77. The summed E-state index contributed by atoms with van der Waals surface area (Å²) in [6.07, 6.45) is 3.10. The van der Waals surface area contributed by atoms with Gasteiger partial charge in [-0.3, -0.25) is 4.79 Å². The highest BCUT2D eigenvalue weighted by Crippen LogP contribution is 2.31. The van der Waals surface area contributed by atoms with Gasteiger partial charge in [-0.05, 0) is 43.2 Å². The van der Waals surface area contributed by atoms with Crippen molar-refractivity contribution in [1.82, 2.24) is 0 Å². The molecule has 0 radical (unpaired) electrons. The van der Waals surface area contributed by atoms with Crippen molar-refractivity contribution >= 4 is 51.8 Å². The molecule has 2 aromatic rings. The third-order valence-corrected chi connectivity index (χ3v) is 5.34. The molecule has 0 spiro atoms. The number of hydrogen-bond donors (Lipinski definition) is 2. The van der Waals surface area contributed by atoms with Crippen molar-refractivity contribution in [2.75, 3.05) is 10.6 Å². The topological polar surface area (TPSA) is 41.1 Å². The van der Waals surface area contributed by atoms with Crippen LogP contribution in [0.3, 0.4) is 0 Å². The fourth-order valence-corrected chi connectivity index (χ4v) is 3.52. The molecule has 6 heteroatoms. The number of hydrogen-bond acceptors (Lipinski definition) is 3. The Labute approximate surface area is 143 Å². The molecular weight excluding hydrogens is 339 g/mol. The maximum Gasteiger partial charge on any atom is 0.227 e. The zero-order valence-corrected chi connectivity index (χ0v) is 14.2. The number of carbonyl (C=O) groups excluding carboxylic acids is 1. The summed E-state index contributed by atoms with van der Waals surface area (Å²) in [4.78, 5) is 13.1. The lowest BCUT2D eigenvalue weighted by Crippen LogP contribution is -2.28. The second kappa shape index (κ2) is 6.90. The van der Waals surface area contributed by atoms with Gasteiger partial charge in [0, 0.05) is 23.0 Å². The van der Waals surface area contributed by atoms with Crippen molar-refractivity contribution in [1.29, 1.82) is 0 Å². The lowest BCUT2D eigenvalue weighted by molar-refractivity contribution is -0.122. The summed E-state index contributed by atoms with van der Waals surface area (Å²) in [6, 6.07) is 9.46. The number of anilines is 2. The second-order valence-corrected chi connectivity index (χ2v) is 7.58. The standard InChI is InChI=1S/C16H16Cl2N2OS/c17-13-8-11(19-9-12-5-7-15(18)22-12)4-6-14(13)20-16(21)10-2-1-3-10/h4-8,10,19H,1-3,9H2,(H,20,21). The summed E-state index contributed by atoms with van der Waals surface area (Å²) in [5, 5.41) is 6.74. The second-order valence-electron chi connectivity index (χ2n) is 5.37. The van der Waals surface area contributed by atoms with Crippen LogP contribution in [0.2, 0.25) is 9.36 Å². The molecule has 1 fully saturated rings. The first kappa shape index (κ1) is 15.7. The van der Waals surface area contributed by atoms with Crippen LogP contribution >= 0.6 is 34.5 Å². The average Bonchev–Trinajstić information content (AvgIpc) is 2.83. The highest BCUT2D eigenvalue weighted by molar-refractivity contribution is 7.16. The van der Waals surface area contributed by atoms with E-state index in [0.717, 1.165) is 34.2 Å². The third kappa shape index (κ3) is 3.75. The van der Waals surface area contributed by atoms with Crippen LogP contribution in [-0.4, -0.2) is 5.91 Å². The smallest absolute Gasteiger partial charge is 0.227 e. The van der Waals surface area contributed by atoms with Crippen LogP contribution in [0.25, 0.3) is 0 Å². The Balaban J connectivity index is 1.60. The molecule has 1 aromatic carbocycles. The van der Waals surface area contributed by atoms with Crippen molar-refractivity contribution in [2.45, 2.75) is 25.8 Å². The highest BCUT2D eigenvalue weighted by Gasteiger charge is 2.25. The summed E-state index contributed by atoms with van der Waals surface area (Å²) in [7, 11) is 0. The number of benzene rings is 1. The maximum atomic E-state index is 11.9. The molecular formula is C16H16Cl2N2OS. The van der Waals surface area contributed by atoms with Gasteiger partial charge in [-0.1, -0.05) is 29.6 Å². The van der Waals surface area contributed by atoms with Gasteiger partial charge in [0.1, 0.15) is 0 Å². The van der Waals surface area contributed by atoms with E-state index in [-0.39, 0.29) is 11.8 Å². The molecule has 0 atom stereocenters.